The zero-order chi connectivity index (χ0) is 12.1. The minimum atomic E-state index is -0.112. The molecule has 0 aliphatic heterocycles. The predicted octanol–water partition coefficient (Wildman–Crippen LogP) is 1.57. The average molecular weight is 248 g/mol. The normalized spacial score (nSPS) is 10.2. The van der Waals surface area contributed by atoms with Crippen LogP contribution in [0.5, 0.6) is 0 Å². The van der Waals surface area contributed by atoms with Crippen LogP contribution < -0.4 is 5.32 Å². The van der Waals surface area contributed by atoms with Crippen LogP contribution in [0.4, 0.5) is 0 Å². The first-order valence-electron chi connectivity index (χ1n) is 5.15. The van der Waals surface area contributed by atoms with Crippen molar-refractivity contribution >= 4 is 17.2 Å². The number of aliphatic hydroxyl groups is 1. The number of amides is 1. The number of hydrogen-bond acceptors (Lipinski definition) is 4. The number of carbonyl (C=O) groups excluding carboxylic acids is 1. The molecule has 2 aromatic rings. The Hall–Kier alpha value is -1.72. The Balaban J connectivity index is 1.91. The first kappa shape index (κ1) is 11.8. The Labute approximate surface area is 103 Å². The fourth-order valence-corrected chi connectivity index (χ4v) is 1.90. The molecule has 1 amide bonds. The van der Waals surface area contributed by atoms with Crippen molar-refractivity contribution in [1.29, 1.82) is 0 Å². The number of aromatic nitrogens is 1. The summed E-state index contributed by atoms with van der Waals surface area (Å²) in [5.41, 5.74) is 3.49. The van der Waals surface area contributed by atoms with Gasteiger partial charge in [0.1, 0.15) is 4.88 Å². The van der Waals surface area contributed by atoms with Gasteiger partial charge in [0, 0.05) is 6.54 Å². The van der Waals surface area contributed by atoms with Crippen LogP contribution in [0.25, 0.3) is 0 Å². The first-order valence-corrected chi connectivity index (χ1v) is 6.03. The maximum Gasteiger partial charge on any atom is 0.263 e. The Kier molecular flexibility index (Phi) is 3.85. The topological polar surface area (TPSA) is 62.2 Å². The van der Waals surface area contributed by atoms with E-state index in [2.05, 4.69) is 10.3 Å². The number of thiazole rings is 1. The Morgan fingerprint density at radius 2 is 2.00 bits per heavy atom. The van der Waals surface area contributed by atoms with Crippen LogP contribution in [0, 0.1) is 0 Å². The fourth-order valence-electron chi connectivity index (χ4n) is 1.36. The van der Waals surface area contributed by atoms with Gasteiger partial charge in [-0.05, 0) is 11.1 Å². The zero-order valence-electron chi connectivity index (χ0n) is 9.09. The molecule has 88 valence electrons. The zero-order valence-corrected chi connectivity index (χ0v) is 9.91. The van der Waals surface area contributed by atoms with Gasteiger partial charge < -0.3 is 10.4 Å². The van der Waals surface area contributed by atoms with Crippen LogP contribution in [0.1, 0.15) is 20.8 Å². The second-order valence-corrected chi connectivity index (χ2v) is 4.41. The third-order valence-corrected chi connectivity index (χ3v) is 3.09. The predicted molar refractivity (Wildman–Crippen MR) is 65.6 cm³/mol. The van der Waals surface area contributed by atoms with Gasteiger partial charge in [0.15, 0.2) is 0 Å². The Bertz CT molecular complexity index is 480. The molecule has 1 aromatic carbocycles. The summed E-state index contributed by atoms with van der Waals surface area (Å²) in [6.45, 7) is 0.510. The van der Waals surface area contributed by atoms with Gasteiger partial charge in [-0.2, -0.15) is 0 Å². The Morgan fingerprint density at radius 1 is 1.29 bits per heavy atom. The molecule has 0 aliphatic rings. The second kappa shape index (κ2) is 5.56. The van der Waals surface area contributed by atoms with E-state index in [-0.39, 0.29) is 12.5 Å². The van der Waals surface area contributed by atoms with E-state index in [9.17, 15) is 4.79 Å². The van der Waals surface area contributed by atoms with E-state index in [1.807, 2.05) is 24.3 Å². The van der Waals surface area contributed by atoms with Crippen molar-refractivity contribution in [2.45, 2.75) is 13.2 Å². The van der Waals surface area contributed by atoms with Crippen molar-refractivity contribution in [2.75, 3.05) is 0 Å². The van der Waals surface area contributed by atoms with E-state index < -0.39 is 0 Å². The lowest BCUT2D eigenvalue weighted by Crippen LogP contribution is -2.21. The number of carbonyl (C=O) groups is 1. The first-order chi connectivity index (χ1) is 8.29. The van der Waals surface area contributed by atoms with Crippen molar-refractivity contribution in [2.24, 2.45) is 0 Å². The lowest BCUT2D eigenvalue weighted by molar-refractivity contribution is 0.0954. The fraction of sp³-hybridized carbons (Fsp3) is 0.167. The lowest BCUT2D eigenvalue weighted by atomic mass is 10.1. The van der Waals surface area contributed by atoms with Gasteiger partial charge in [-0.3, -0.25) is 9.78 Å². The molecule has 5 heteroatoms. The molecule has 1 heterocycles. The van der Waals surface area contributed by atoms with Crippen LogP contribution in [0.3, 0.4) is 0 Å². The number of aliphatic hydroxyl groups excluding tert-OH is 1. The number of nitrogens with one attached hydrogen (secondary N) is 1. The van der Waals surface area contributed by atoms with Gasteiger partial charge in [0.2, 0.25) is 0 Å². The van der Waals surface area contributed by atoms with Gasteiger partial charge in [0.05, 0.1) is 18.3 Å². The highest BCUT2D eigenvalue weighted by molar-refractivity contribution is 7.11. The molecule has 0 saturated carbocycles. The van der Waals surface area contributed by atoms with Gasteiger partial charge >= 0.3 is 0 Å². The summed E-state index contributed by atoms with van der Waals surface area (Å²) in [6, 6.07) is 7.46. The third-order valence-electron chi connectivity index (χ3n) is 2.31. The van der Waals surface area contributed by atoms with E-state index in [0.717, 1.165) is 11.1 Å². The summed E-state index contributed by atoms with van der Waals surface area (Å²) < 4.78 is 0. The van der Waals surface area contributed by atoms with E-state index in [1.54, 1.807) is 11.7 Å². The number of nitrogens with zero attached hydrogens (tertiary/aromatic N) is 1. The van der Waals surface area contributed by atoms with Crippen LogP contribution in [0.15, 0.2) is 36.0 Å². The molecule has 0 spiro atoms. The molecule has 0 unspecified atom stereocenters. The van der Waals surface area contributed by atoms with Crippen molar-refractivity contribution in [3.05, 3.63) is 52.0 Å². The van der Waals surface area contributed by atoms with Gasteiger partial charge in [-0.1, -0.05) is 24.3 Å². The summed E-state index contributed by atoms with van der Waals surface area (Å²) >= 11 is 1.32. The van der Waals surface area contributed by atoms with E-state index in [0.29, 0.717) is 11.4 Å². The minimum absolute atomic E-state index is 0.0352. The van der Waals surface area contributed by atoms with Gasteiger partial charge in [-0.25, -0.2) is 0 Å². The molecule has 1 aromatic heterocycles. The monoisotopic (exact) mass is 248 g/mol. The van der Waals surface area contributed by atoms with Crippen molar-refractivity contribution < 1.29 is 9.90 Å². The van der Waals surface area contributed by atoms with Crippen molar-refractivity contribution in [1.82, 2.24) is 10.3 Å². The van der Waals surface area contributed by atoms with Crippen LogP contribution in [0.2, 0.25) is 0 Å². The molecule has 0 bridgehead atoms. The lowest BCUT2D eigenvalue weighted by Gasteiger charge is -2.04. The summed E-state index contributed by atoms with van der Waals surface area (Å²) in [6.07, 6.45) is 1.55. The standard InChI is InChI=1S/C12H12N2O2S/c15-7-10-3-1-9(2-4-10)5-14-12(16)11-6-13-8-17-11/h1-4,6,8,15H,5,7H2,(H,14,16). The molecular weight excluding hydrogens is 236 g/mol. The number of rotatable bonds is 4. The summed E-state index contributed by atoms with van der Waals surface area (Å²) in [4.78, 5) is 16.1. The van der Waals surface area contributed by atoms with Crippen LogP contribution in [-0.4, -0.2) is 16.0 Å². The van der Waals surface area contributed by atoms with Crippen LogP contribution >= 0.6 is 11.3 Å². The molecular formula is C12H12N2O2S. The highest BCUT2D eigenvalue weighted by Crippen LogP contribution is 2.07. The minimum Gasteiger partial charge on any atom is -0.392 e. The average Bonchev–Trinajstić information content (AvgIpc) is 2.90. The number of benzene rings is 1. The van der Waals surface area contributed by atoms with Gasteiger partial charge in [0.25, 0.3) is 5.91 Å². The van der Waals surface area contributed by atoms with Crippen molar-refractivity contribution in [3.63, 3.8) is 0 Å². The largest absolute Gasteiger partial charge is 0.392 e. The summed E-state index contributed by atoms with van der Waals surface area (Å²) in [5, 5.41) is 11.7. The highest BCUT2D eigenvalue weighted by Gasteiger charge is 2.06. The molecule has 0 aliphatic carbocycles. The van der Waals surface area contributed by atoms with E-state index in [4.69, 9.17) is 5.11 Å². The molecule has 0 fully saturated rings. The molecule has 2 N–H and O–H groups in total. The van der Waals surface area contributed by atoms with Crippen molar-refractivity contribution in [3.8, 4) is 0 Å². The maximum atomic E-state index is 11.6. The Morgan fingerprint density at radius 3 is 2.59 bits per heavy atom. The molecule has 0 saturated heterocycles. The SMILES string of the molecule is O=C(NCc1ccc(CO)cc1)c1cncs1. The van der Waals surface area contributed by atoms with Crippen LogP contribution in [-0.2, 0) is 13.2 Å². The molecule has 17 heavy (non-hydrogen) atoms. The smallest absolute Gasteiger partial charge is 0.263 e. The van der Waals surface area contributed by atoms with E-state index in [1.165, 1.54) is 11.3 Å². The molecule has 2 rings (SSSR count). The quantitative estimate of drug-likeness (QED) is 0.863. The summed E-state index contributed by atoms with van der Waals surface area (Å²) in [5.74, 6) is -0.112. The highest BCUT2D eigenvalue weighted by atomic mass is 32.1. The van der Waals surface area contributed by atoms with Gasteiger partial charge in [-0.15, -0.1) is 11.3 Å². The number of hydrogen-bond donors (Lipinski definition) is 2. The summed E-state index contributed by atoms with van der Waals surface area (Å²) in [7, 11) is 0. The van der Waals surface area contributed by atoms with E-state index >= 15 is 0 Å². The molecule has 4 nitrogen and oxygen atoms in total. The molecule has 0 atom stereocenters. The maximum absolute atomic E-state index is 11.6. The third kappa shape index (κ3) is 3.12. The second-order valence-electron chi connectivity index (χ2n) is 3.52. The molecule has 0 radical (unpaired) electrons.